The van der Waals surface area contributed by atoms with Crippen LogP contribution in [0.5, 0.6) is 5.75 Å². The summed E-state index contributed by atoms with van der Waals surface area (Å²) < 4.78 is 10.3. The fourth-order valence-electron chi connectivity index (χ4n) is 2.43. The first-order valence-corrected chi connectivity index (χ1v) is 6.71. The summed E-state index contributed by atoms with van der Waals surface area (Å²) in [5, 5.41) is 6.74. The minimum absolute atomic E-state index is 0.220. The Morgan fingerprint density at radius 1 is 1.25 bits per heavy atom. The Hall–Kier alpha value is -2.30. The molecule has 3 rings (SSSR count). The van der Waals surface area contributed by atoms with Crippen LogP contribution in [0.3, 0.4) is 0 Å². The number of amides is 1. The van der Waals surface area contributed by atoms with Crippen molar-refractivity contribution in [2.45, 2.75) is 25.7 Å². The third kappa shape index (κ3) is 2.39. The molecule has 0 saturated heterocycles. The number of fused-ring (bicyclic) bond motifs is 1. The van der Waals surface area contributed by atoms with Gasteiger partial charge >= 0.3 is 0 Å². The maximum Gasteiger partial charge on any atom is 0.278 e. The van der Waals surface area contributed by atoms with Crippen molar-refractivity contribution >= 4 is 11.6 Å². The number of hydrogen-bond donors (Lipinski definition) is 1. The van der Waals surface area contributed by atoms with Crippen molar-refractivity contribution in [2.24, 2.45) is 0 Å². The molecule has 1 aliphatic rings. The molecule has 1 aromatic carbocycles. The molecule has 104 valence electrons. The van der Waals surface area contributed by atoms with Crippen molar-refractivity contribution in [3.8, 4) is 5.75 Å². The van der Waals surface area contributed by atoms with Gasteiger partial charge in [-0.1, -0.05) is 5.16 Å². The maximum absolute atomic E-state index is 12.2. The lowest BCUT2D eigenvalue weighted by Crippen LogP contribution is -2.15. The molecule has 0 bridgehead atoms. The Morgan fingerprint density at radius 3 is 2.75 bits per heavy atom. The number of aryl methyl sites for hydroxylation is 1. The van der Waals surface area contributed by atoms with Gasteiger partial charge in [0, 0.05) is 17.7 Å². The molecular weight excluding hydrogens is 256 g/mol. The molecule has 0 saturated carbocycles. The zero-order chi connectivity index (χ0) is 13.9. The van der Waals surface area contributed by atoms with Gasteiger partial charge in [-0.05, 0) is 43.5 Å². The number of benzene rings is 1. The number of nitrogens with one attached hydrogen (secondary N) is 1. The number of hydrogen-bond acceptors (Lipinski definition) is 4. The van der Waals surface area contributed by atoms with Gasteiger partial charge in [0.1, 0.15) is 11.5 Å². The van der Waals surface area contributed by atoms with E-state index in [1.807, 2.05) is 0 Å². The van der Waals surface area contributed by atoms with Gasteiger partial charge in [-0.15, -0.1) is 0 Å². The molecule has 20 heavy (non-hydrogen) atoms. The van der Waals surface area contributed by atoms with Crippen molar-refractivity contribution in [1.29, 1.82) is 0 Å². The topological polar surface area (TPSA) is 64.4 Å². The van der Waals surface area contributed by atoms with Gasteiger partial charge in [0.2, 0.25) is 0 Å². The van der Waals surface area contributed by atoms with Gasteiger partial charge in [0.25, 0.3) is 5.91 Å². The predicted octanol–water partition coefficient (Wildman–Crippen LogP) is 2.81. The van der Waals surface area contributed by atoms with E-state index in [-0.39, 0.29) is 5.91 Å². The monoisotopic (exact) mass is 272 g/mol. The molecule has 0 unspecified atom stereocenters. The first-order chi connectivity index (χ1) is 9.78. The van der Waals surface area contributed by atoms with Crippen LogP contribution in [-0.4, -0.2) is 18.2 Å². The minimum Gasteiger partial charge on any atom is -0.497 e. The third-order valence-electron chi connectivity index (χ3n) is 3.51. The summed E-state index contributed by atoms with van der Waals surface area (Å²) >= 11 is 0. The molecule has 1 heterocycles. The predicted molar refractivity (Wildman–Crippen MR) is 74.1 cm³/mol. The number of methoxy groups -OCH3 is 1. The number of carbonyl (C=O) groups is 1. The molecule has 0 fully saturated rings. The highest BCUT2D eigenvalue weighted by molar-refractivity contribution is 6.03. The highest BCUT2D eigenvalue weighted by Gasteiger charge is 2.23. The van der Waals surface area contributed by atoms with Gasteiger partial charge in [-0.3, -0.25) is 4.79 Å². The van der Waals surface area contributed by atoms with E-state index in [0.717, 1.165) is 42.8 Å². The Balaban J connectivity index is 1.77. The van der Waals surface area contributed by atoms with Crippen LogP contribution in [0.1, 0.15) is 34.7 Å². The van der Waals surface area contributed by atoms with Gasteiger partial charge in [0.15, 0.2) is 5.69 Å². The van der Waals surface area contributed by atoms with E-state index in [1.54, 1.807) is 31.4 Å². The van der Waals surface area contributed by atoms with Crippen LogP contribution in [0.25, 0.3) is 0 Å². The van der Waals surface area contributed by atoms with E-state index in [1.165, 1.54) is 0 Å². The average molecular weight is 272 g/mol. The van der Waals surface area contributed by atoms with Crippen LogP contribution in [0.15, 0.2) is 28.8 Å². The zero-order valence-corrected chi connectivity index (χ0v) is 11.3. The molecule has 0 aliphatic heterocycles. The Morgan fingerprint density at radius 2 is 2.00 bits per heavy atom. The van der Waals surface area contributed by atoms with E-state index in [9.17, 15) is 4.79 Å². The Kier molecular flexibility index (Phi) is 3.41. The van der Waals surface area contributed by atoms with Crippen molar-refractivity contribution in [1.82, 2.24) is 5.16 Å². The summed E-state index contributed by atoms with van der Waals surface area (Å²) in [6, 6.07) is 7.19. The number of anilines is 1. The van der Waals surface area contributed by atoms with E-state index >= 15 is 0 Å². The SMILES string of the molecule is COc1ccc(NC(=O)c2noc3c2CCCC3)cc1. The summed E-state index contributed by atoms with van der Waals surface area (Å²) in [7, 11) is 1.61. The molecular formula is C15H16N2O3. The first kappa shape index (κ1) is 12.7. The second-order valence-corrected chi connectivity index (χ2v) is 4.82. The summed E-state index contributed by atoms with van der Waals surface area (Å²) in [6.07, 6.45) is 3.92. The van der Waals surface area contributed by atoms with Crippen LogP contribution < -0.4 is 10.1 Å². The van der Waals surface area contributed by atoms with Crippen LogP contribution >= 0.6 is 0 Å². The maximum atomic E-state index is 12.2. The largest absolute Gasteiger partial charge is 0.497 e. The second kappa shape index (κ2) is 5.36. The zero-order valence-electron chi connectivity index (χ0n) is 11.3. The molecule has 1 N–H and O–H groups in total. The average Bonchev–Trinajstić information content (AvgIpc) is 2.92. The van der Waals surface area contributed by atoms with Gasteiger partial charge in [0.05, 0.1) is 7.11 Å². The summed E-state index contributed by atoms with van der Waals surface area (Å²) in [6.45, 7) is 0. The highest BCUT2D eigenvalue weighted by atomic mass is 16.5. The lowest BCUT2D eigenvalue weighted by Gasteiger charge is -2.09. The van der Waals surface area contributed by atoms with Gasteiger partial charge in [-0.25, -0.2) is 0 Å². The van der Waals surface area contributed by atoms with Crippen LogP contribution in [0.4, 0.5) is 5.69 Å². The van der Waals surface area contributed by atoms with E-state index < -0.39 is 0 Å². The lowest BCUT2D eigenvalue weighted by atomic mass is 9.96. The number of ether oxygens (including phenoxy) is 1. The molecule has 0 atom stereocenters. The fraction of sp³-hybridized carbons (Fsp3) is 0.333. The molecule has 0 radical (unpaired) electrons. The van der Waals surface area contributed by atoms with Crippen molar-refractivity contribution in [3.05, 3.63) is 41.3 Å². The quantitative estimate of drug-likeness (QED) is 0.933. The molecule has 1 amide bonds. The Labute approximate surface area is 116 Å². The van der Waals surface area contributed by atoms with Crippen molar-refractivity contribution < 1.29 is 14.1 Å². The summed E-state index contributed by atoms with van der Waals surface area (Å²) in [5.74, 6) is 1.39. The standard InChI is InChI=1S/C15H16N2O3/c1-19-11-8-6-10(7-9-11)16-15(18)14-12-4-2-3-5-13(12)20-17-14/h6-9H,2-5H2,1H3,(H,16,18). The van der Waals surface area contributed by atoms with Crippen LogP contribution in [0.2, 0.25) is 0 Å². The van der Waals surface area contributed by atoms with Gasteiger partial charge in [-0.2, -0.15) is 0 Å². The van der Waals surface area contributed by atoms with Crippen molar-refractivity contribution in [2.75, 3.05) is 12.4 Å². The lowest BCUT2D eigenvalue weighted by molar-refractivity contribution is 0.101. The number of aromatic nitrogens is 1. The molecule has 2 aromatic rings. The third-order valence-corrected chi connectivity index (χ3v) is 3.51. The normalized spacial score (nSPS) is 13.7. The summed E-state index contributed by atoms with van der Waals surface area (Å²) in [4.78, 5) is 12.2. The highest BCUT2D eigenvalue weighted by Crippen LogP contribution is 2.25. The van der Waals surface area contributed by atoms with Gasteiger partial charge < -0.3 is 14.6 Å². The molecule has 5 nitrogen and oxygen atoms in total. The van der Waals surface area contributed by atoms with Crippen LogP contribution in [0, 0.1) is 0 Å². The molecule has 1 aliphatic carbocycles. The molecule has 0 spiro atoms. The van der Waals surface area contributed by atoms with E-state index in [2.05, 4.69) is 10.5 Å². The molecule has 1 aromatic heterocycles. The van der Waals surface area contributed by atoms with E-state index in [0.29, 0.717) is 11.4 Å². The minimum atomic E-state index is -0.220. The summed E-state index contributed by atoms with van der Waals surface area (Å²) in [5.41, 5.74) is 2.08. The first-order valence-electron chi connectivity index (χ1n) is 6.71. The smallest absolute Gasteiger partial charge is 0.278 e. The Bertz CT molecular complexity index is 617. The van der Waals surface area contributed by atoms with Crippen molar-refractivity contribution in [3.63, 3.8) is 0 Å². The van der Waals surface area contributed by atoms with Crippen LogP contribution in [-0.2, 0) is 12.8 Å². The van der Waals surface area contributed by atoms with E-state index in [4.69, 9.17) is 9.26 Å². The second-order valence-electron chi connectivity index (χ2n) is 4.82. The number of nitrogens with zero attached hydrogens (tertiary/aromatic N) is 1. The molecule has 5 heteroatoms. The number of rotatable bonds is 3. The fourth-order valence-corrected chi connectivity index (χ4v) is 2.43. The number of carbonyl (C=O) groups excluding carboxylic acids is 1.